The number of hydrogen-bond donors (Lipinski definition) is 2. The molecule has 0 aliphatic heterocycles. The molecule has 1 aliphatic carbocycles. The van der Waals surface area contributed by atoms with Crippen LogP contribution in [0.15, 0.2) is 35.4 Å². The molecule has 0 aromatic heterocycles. The quantitative estimate of drug-likeness (QED) is 0.810. The van der Waals surface area contributed by atoms with E-state index in [4.69, 9.17) is 4.74 Å². The number of benzene rings is 1. The van der Waals surface area contributed by atoms with Crippen LogP contribution in [-0.2, 0) is 9.53 Å². The average molecular weight is 386 g/mol. The van der Waals surface area contributed by atoms with Crippen molar-refractivity contribution >= 4 is 23.6 Å². The minimum Gasteiger partial charge on any atom is -0.444 e. The number of alkyl carbamates (subject to hydrolysis) is 1. The zero-order valence-electron chi connectivity index (χ0n) is 16.8. The monoisotopic (exact) mass is 386 g/mol. The minimum absolute atomic E-state index is 0.170. The van der Waals surface area contributed by atoms with Crippen molar-refractivity contribution in [1.29, 1.82) is 0 Å². The van der Waals surface area contributed by atoms with Crippen molar-refractivity contribution in [1.82, 2.24) is 10.6 Å². The molecule has 0 radical (unpaired) electrons. The number of amides is 2. The van der Waals surface area contributed by atoms with Crippen molar-refractivity contribution < 1.29 is 23.9 Å². The standard InChI is InChI=1S/C21H26N2O5/c1-12-14(18(25)16-9-7-6-8-15(16)17(12)24)10-11-22-19(26)13(2)23-20(27)28-21(3,4)5/h6-9,13H,10-11H2,1-5H3,(H,22,26)(H,23,27)/t13-/m0/s1. The fraction of sp³-hybridized carbons (Fsp3) is 0.429. The molecule has 150 valence electrons. The van der Waals surface area contributed by atoms with Crippen LogP contribution in [0.2, 0.25) is 0 Å². The Morgan fingerprint density at radius 1 is 1.07 bits per heavy atom. The van der Waals surface area contributed by atoms with Crippen LogP contribution in [-0.4, -0.2) is 41.8 Å². The molecule has 2 rings (SSSR count). The van der Waals surface area contributed by atoms with E-state index < -0.39 is 23.6 Å². The molecule has 1 aliphatic rings. The molecule has 1 atom stereocenters. The summed E-state index contributed by atoms with van der Waals surface area (Å²) in [5.74, 6) is -0.766. The van der Waals surface area contributed by atoms with Gasteiger partial charge in [0.1, 0.15) is 11.6 Å². The van der Waals surface area contributed by atoms with Gasteiger partial charge in [0.05, 0.1) is 0 Å². The molecule has 1 aromatic rings. The lowest BCUT2D eigenvalue weighted by molar-refractivity contribution is -0.122. The van der Waals surface area contributed by atoms with Crippen LogP contribution in [0.3, 0.4) is 0 Å². The van der Waals surface area contributed by atoms with Crippen LogP contribution in [0, 0.1) is 0 Å². The largest absolute Gasteiger partial charge is 0.444 e. The van der Waals surface area contributed by atoms with Crippen molar-refractivity contribution in [2.75, 3.05) is 6.54 Å². The van der Waals surface area contributed by atoms with Gasteiger partial charge in [0.25, 0.3) is 0 Å². The Labute approximate surface area is 164 Å². The van der Waals surface area contributed by atoms with E-state index in [9.17, 15) is 19.2 Å². The fourth-order valence-corrected chi connectivity index (χ4v) is 2.87. The SMILES string of the molecule is CC1=C(CCNC(=O)[C@H](C)NC(=O)OC(C)(C)C)C(=O)c2ccccc2C1=O. The van der Waals surface area contributed by atoms with Gasteiger partial charge in [-0.05, 0) is 41.0 Å². The van der Waals surface area contributed by atoms with Crippen LogP contribution < -0.4 is 10.6 Å². The van der Waals surface area contributed by atoms with Gasteiger partial charge in [-0.15, -0.1) is 0 Å². The van der Waals surface area contributed by atoms with Gasteiger partial charge in [0.2, 0.25) is 5.91 Å². The van der Waals surface area contributed by atoms with Crippen LogP contribution >= 0.6 is 0 Å². The number of Topliss-reactive ketones (excluding diaryl/α,β-unsaturated/α-hetero) is 2. The number of carbonyl (C=O) groups excluding carboxylic acids is 4. The number of allylic oxidation sites excluding steroid dienone is 1. The van der Waals surface area contributed by atoms with Gasteiger partial charge in [-0.2, -0.15) is 0 Å². The maximum absolute atomic E-state index is 12.7. The lowest BCUT2D eigenvalue weighted by atomic mass is 9.83. The highest BCUT2D eigenvalue weighted by Gasteiger charge is 2.29. The predicted molar refractivity (Wildman–Crippen MR) is 104 cm³/mol. The average Bonchev–Trinajstić information content (AvgIpc) is 2.60. The fourth-order valence-electron chi connectivity index (χ4n) is 2.87. The predicted octanol–water partition coefficient (Wildman–Crippen LogP) is 2.80. The summed E-state index contributed by atoms with van der Waals surface area (Å²) in [6.45, 7) is 8.53. The Balaban J connectivity index is 1.93. The summed E-state index contributed by atoms with van der Waals surface area (Å²) < 4.78 is 5.11. The summed E-state index contributed by atoms with van der Waals surface area (Å²) in [6.07, 6.45) is -0.450. The lowest BCUT2D eigenvalue weighted by Gasteiger charge is -2.22. The van der Waals surface area contributed by atoms with Crippen molar-refractivity contribution in [3.05, 3.63) is 46.5 Å². The molecule has 0 bridgehead atoms. The number of rotatable bonds is 5. The number of ketones is 2. The molecule has 28 heavy (non-hydrogen) atoms. The number of fused-ring (bicyclic) bond motifs is 1. The topological polar surface area (TPSA) is 102 Å². The van der Waals surface area contributed by atoms with Gasteiger partial charge in [-0.1, -0.05) is 24.3 Å². The van der Waals surface area contributed by atoms with E-state index in [1.807, 2.05) is 0 Å². The second-order valence-electron chi connectivity index (χ2n) is 7.72. The minimum atomic E-state index is -0.797. The van der Waals surface area contributed by atoms with Gasteiger partial charge in [0, 0.05) is 28.8 Å². The molecule has 0 saturated carbocycles. The normalized spacial score (nSPS) is 15.0. The first kappa shape index (κ1) is 21.3. The lowest BCUT2D eigenvalue weighted by Crippen LogP contribution is -2.46. The molecular formula is C21H26N2O5. The summed E-state index contributed by atoms with van der Waals surface area (Å²) in [5, 5.41) is 5.13. The summed E-state index contributed by atoms with van der Waals surface area (Å²) in [4.78, 5) is 49.0. The number of hydrogen-bond acceptors (Lipinski definition) is 5. The zero-order valence-corrected chi connectivity index (χ0v) is 16.8. The summed E-state index contributed by atoms with van der Waals surface area (Å²) in [5.41, 5.74) is 0.941. The van der Waals surface area contributed by atoms with Crippen LogP contribution in [0.4, 0.5) is 4.79 Å². The zero-order chi connectivity index (χ0) is 21.1. The summed E-state index contributed by atoms with van der Waals surface area (Å²) in [6, 6.07) is 5.92. The molecule has 0 heterocycles. The van der Waals surface area contributed by atoms with E-state index in [0.29, 0.717) is 22.3 Å². The third kappa shape index (κ3) is 5.06. The van der Waals surface area contributed by atoms with Crippen molar-refractivity contribution in [2.24, 2.45) is 0 Å². The molecule has 2 amide bonds. The molecule has 7 heteroatoms. The maximum Gasteiger partial charge on any atom is 0.408 e. The molecule has 7 nitrogen and oxygen atoms in total. The smallest absolute Gasteiger partial charge is 0.408 e. The van der Waals surface area contributed by atoms with E-state index in [-0.39, 0.29) is 24.5 Å². The van der Waals surface area contributed by atoms with Crippen LogP contribution in [0.1, 0.15) is 61.8 Å². The maximum atomic E-state index is 12.7. The third-order valence-electron chi connectivity index (χ3n) is 4.28. The number of ether oxygens (including phenoxy) is 1. The first-order chi connectivity index (χ1) is 13.0. The van der Waals surface area contributed by atoms with E-state index in [0.717, 1.165) is 0 Å². The Hall–Kier alpha value is -2.96. The van der Waals surface area contributed by atoms with Crippen LogP contribution in [0.25, 0.3) is 0 Å². The first-order valence-electron chi connectivity index (χ1n) is 9.16. The second-order valence-corrected chi connectivity index (χ2v) is 7.72. The van der Waals surface area contributed by atoms with Gasteiger partial charge in [-0.25, -0.2) is 4.79 Å². The van der Waals surface area contributed by atoms with Gasteiger partial charge in [-0.3, -0.25) is 14.4 Å². The Morgan fingerprint density at radius 2 is 1.64 bits per heavy atom. The highest BCUT2D eigenvalue weighted by atomic mass is 16.6. The second kappa shape index (κ2) is 8.37. The molecule has 2 N–H and O–H groups in total. The molecule has 0 saturated heterocycles. The highest BCUT2D eigenvalue weighted by Crippen LogP contribution is 2.27. The van der Waals surface area contributed by atoms with Gasteiger partial charge < -0.3 is 15.4 Å². The van der Waals surface area contributed by atoms with E-state index in [1.165, 1.54) is 6.92 Å². The van der Waals surface area contributed by atoms with Crippen molar-refractivity contribution in [2.45, 2.75) is 52.7 Å². The van der Waals surface area contributed by atoms with Gasteiger partial charge >= 0.3 is 6.09 Å². The Morgan fingerprint density at radius 3 is 2.21 bits per heavy atom. The highest BCUT2D eigenvalue weighted by molar-refractivity contribution is 6.26. The Bertz CT molecular complexity index is 849. The third-order valence-corrected chi connectivity index (χ3v) is 4.28. The molecule has 0 fully saturated rings. The molecule has 0 unspecified atom stereocenters. The van der Waals surface area contributed by atoms with E-state index in [1.54, 1.807) is 52.0 Å². The number of nitrogens with one attached hydrogen (secondary N) is 2. The summed E-state index contributed by atoms with van der Waals surface area (Å²) >= 11 is 0. The first-order valence-corrected chi connectivity index (χ1v) is 9.16. The molecule has 0 spiro atoms. The van der Waals surface area contributed by atoms with E-state index in [2.05, 4.69) is 10.6 Å². The molecule has 1 aromatic carbocycles. The van der Waals surface area contributed by atoms with Crippen molar-refractivity contribution in [3.8, 4) is 0 Å². The number of carbonyl (C=O) groups is 4. The molecular weight excluding hydrogens is 360 g/mol. The Kier molecular flexibility index (Phi) is 6.38. The van der Waals surface area contributed by atoms with Crippen LogP contribution in [0.5, 0.6) is 0 Å². The summed E-state index contributed by atoms with van der Waals surface area (Å²) in [7, 11) is 0. The van der Waals surface area contributed by atoms with Crippen molar-refractivity contribution in [3.63, 3.8) is 0 Å². The van der Waals surface area contributed by atoms with E-state index >= 15 is 0 Å². The van der Waals surface area contributed by atoms with Gasteiger partial charge in [0.15, 0.2) is 11.6 Å².